The third-order valence-corrected chi connectivity index (χ3v) is 3.90. The Morgan fingerprint density at radius 2 is 2.20 bits per heavy atom. The zero-order chi connectivity index (χ0) is 14.5. The lowest BCUT2D eigenvalue weighted by molar-refractivity contribution is 0.0380. The van der Waals surface area contributed by atoms with Gasteiger partial charge in [0.15, 0.2) is 5.69 Å². The summed E-state index contributed by atoms with van der Waals surface area (Å²) in [4.78, 5) is 11.9. The molecule has 2 atom stereocenters. The molecule has 2 rings (SSSR count). The third kappa shape index (κ3) is 3.36. The van der Waals surface area contributed by atoms with E-state index in [1.54, 1.807) is 7.11 Å². The van der Waals surface area contributed by atoms with Gasteiger partial charge in [0.2, 0.25) is 0 Å². The Balaban J connectivity index is 2.04. The molecule has 6 nitrogen and oxygen atoms in total. The highest BCUT2D eigenvalue weighted by Crippen LogP contribution is 2.32. The number of hydrogen-bond donors (Lipinski definition) is 0. The molecule has 0 saturated heterocycles. The van der Waals surface area contributed by atoms with Crippen LogP contribution in [0.5, 0.6) is 0 Å². The van der Waals surface area contributed by atoms with E-state index in [0.717, 1.165) is 18.5 Å². The van der Waals surface area contributed by atoms with Crippen molar-refractivity contribution >= 4 is 5.97 Å². The first-order valence-electron chi connectivity index (χ1n) is 7.21. The van der Waals surface area contributed by atoms with Crippen LogP contribution in [-0.4, -0.2) is 41.3 Å². The van der Waals surface area contributed by atoms with Crippen LogP contribution in [0.1, 0.15) is 54.8 Å². The summed E-state index contributed by atoms with van der Waals surface area (Å²) in [5, 5.41) is 8.15. The minimum Gasteiger partial charge on any atom is -0.458 e. The van der Waals surface area contributed by atoms with Crippen molar-refractivity contribution < 1.29 is 14.3 Å². The van der Waals surface area contributed by atoms with E-state index in [1.807, 2.05) is 11.6 Å². The second-order valence-electron chi connectivity index (χ2n) is 5.52. The first-order valence-corrected chi connectivity index (χ1v) is 7.21. The van der Waals surface area contributed by atoms with E-state index < -0.39 is 5.97 Å². The van der Waals surface area contributed by atoms with Gasteiger partial charge in [-0.15, -0.1) is 5.10 Å². The zero-order valence-electron chi connectivity index (χ0n) is 12.5. The summed E-state index contributed by atoms with van der Waals surface area (Å²) in [6, 6.07) is 0.353. The van der Waals surface area contributed by atoms with Crippen LogP contribution in [-0.2, 0) is 9.47 Å². The first-order chi connectivity index (χ1) is 9.63. The Morgan fingerprint density at radius 3 is 2.90 bits per heavy atom. The summed E-state index contributed by atoms with van der Waals surface area (Å²) in [6.45, 7) is 4.77. The molecular formula is C14H23N3O3. The monoisotopic (exact) mass is 281 g/mol. The highest BCUT2D eigenvalue weighted by atomic mass is 16.6. The first kappa shape index (κ1) is 15.0. The molecule has 0 N–H and O–H groups in total. The lowest BCUT2D eigenvalue weighted by Gasteiger charge is -2.27. The lowest BCUT2D eigenvalue weighted by Crippen LogP contribution is -2.20. The Hall–Kier alpha value is -1.43. The largest absolute Gasteiger partial charge is 0.458 e. The molecule has 112 valence electrons. The van der Waals surface area contributed by atoms with Crippen LogP contribution in [0.2, 0.25) is 0 Å². The number of methoxy groups -OCH3 is 1. The van der Waals surface area contributed by atoms with Crippen molar-refractivity contribution in [1.29, 1.82) is 0 Å². The van der Waals surface area contributed by atoms with Gasteiger partial charge in [-0.05, 0) is 25.7 Å². The lowest BCUT2D eigenvalue weighted by atomic mass is 9.87. The van der Waals surface area contributed by atoms with Gasteiger partial charge in [-0.1, -0.05) is 25.0 Å². The van der Waals surface area contributed by atoms with E-state index in [0.29, 0.717) is 24.3 Å². The zero-order valence-corrected chi connectivity index (χ0v) is 12.5. The van der Waals surface area contributed by atoms with Crippen LogP contribution in [0, 0.1) is 12.8 Å². The summed E-state index contributed by atoms with van der Waals surface area (Å²) in [7, 11) is 1.57. The predicted molar refractivity (Wildman–Crippen MR) is 73.6 cm³/mol. The van der Waals surface area contributed by atoms with Crippen LogP contribution in [0.15, 0.2) is 0 Å². The van der Waals surface area contributed by atoms with Gasteiger partial charge < -0.3 is 9.47 Å². The number of hydrogen-bond acceptors (Lipinski definition) is 5. The Bertz CT molecular complexity index is 459. The van der Waals surface area contributed by atoms with Gasteiger partial charge in [0.1, 0.15) is 6.61 Å². The van der Waals surface area contributed by atoms with Crippen molar-refractivity contribution in [2.75, 3.05) is 20.3 Å². The maximum Gasteiger partial charge on any atom is 0.360 e. The molecule has 1 heterocycles. The molecule has 0 bridgehead atoms. The summed E-state index contributed by atoms with van der Waals surface area (Å²) in [6.07, 6.45) is 4.68. The number of aromatic nitrogens is 3. The van der Waals surface area contributed by atoms with Crippen LogP contribution in [0.25, 0.3) is 0 Å². The van der Waals surface area contributed by atoms with E-state index >= 15 is 0 Å². The molecule has 0 aliphatic heterocycles. The maximum absolute atomic E-state index is 11.9. The fourth-order valence-corrected chi connectivity index (χ4v) is 2.79. The molecular weight excluding hydrogens is 258 g/mol. The van der Waals surface area contributed by atoms with Crippen LogP contribution >= 0.6 is 0 Å². The van der Waals surface area contributed by atoms with Crippen molar-refractivity contribution in [1.82, 2.24) is 15.0 Å². The maximum atomic E-state index is 11.9. The summed E-state index contributed by atoms with van der Waals surface area (Å²) >= 11 is 0. The van der Waals surface area contributed by atoms with Crippen molar-refractivity contribution in [2.45, 2.75) is 45.6 Å². The minimum absolute atomic E-state index is 0.238. The molecule has 0 radical (unpaired) electrons. The molecule has 6 heteroatoms. The second kappa shape index (κ2) is 6.83. The molecule has 20 heavy (non-hydrogen) atoms. The summed E-state index contributed by atoms with van der Waals surface area (Å²) in [5.74, 6) is 0.282. The molecule has 1 aromatic heterocycles. The van der Waals surface area contributed by atoms with E-state index in [4.69, 9.17) is 9.47 Å². The van der Waals surface area contributed by atoms with Gasteiger partial charge >= 0.3 is 5.97 Å². The van der Waals surface area contributed by atoms with E-state index in [9.17, 15) is 4.79 Å². The smallest absolute Gasteiger partial charge is 0.360 e. The molecule has 1 saturated carbocycles. The van der Waals surface area contributed by atoms with Gasteiger partial charge in [-0.3, -0.25) is 0 Å². The molecule has 1 aliphatic rings. The number of ether oxygens (including phenoxy) is 2. The topological polar surface area (TPSA) is 66.2 Å². The summed E-state index contributed by atoms with van der Waals surface area (Å²) in [5.41, 5.74) is 1.12. The number of nitrogens with zero attached hydrogens (tertiary/aromatic N) is 3. The highest BCUT2D eigenvalue weighted by Gasteiger charge is 2.25. The van der Waals surface area contributed by atoms with Crippen molar-refractivity contribution in [2.24, 2.45) is 5.92 Å². The van der Waals surface area contributed by atoms with Crippen molar-refractivity contribution in [3.8, 4) is 0 Å². The number of carbonyl (C=O) groups excluding carboxylic acids is 1. The second-order valence-corrected chi connectivity index (χ2v) is 5.52. The van der Waals surface area contributed by atoms with Crippen molar-refractivity contribution in [3.63, 3.8) is 0 Å². The van der Waals surface area contributed by atoms with E-state index in [2.05, 4.69) is 17.2 Å². The van der Waals surface area contributed by atoms with Crippen molar-refractivity contribution in [3.05, 3.63) is 11.4 Å². The molecule has 0 amide bonds. The quantitative estimate of drug-likeness (QED) is 0.611. The summed E-state index contributed by atoms with van der Waals surface area (Å²) < 4.78 is 11.8. The predicted octanol–water partition coefficient (Wildman–Crippen LogP) is 2.14. The standard InChI is InChI=1S/C14H23N3O3/c1-10-5-4-6-12(9-10)17-11(2)13(15-16-17)14(18)20-8-7-19-3/h10,12H,4-9H2,1-3H3. The Labute approximate surface area is 119 Å². The van der Waals surface area contributed by atoms with E-state index in [1.165, 1.54) is 12.8 Å². The molecule has 2 unspecified atom stereocenters. The van der Waals surface area contributed by atoms with Gasteiger partial charge in [0.25, 0.3) is 0 Å². The average Bonchev–Trinajstić information content (AvgIpc) is 2.81. The fourth-order valence-electron chi connectivity index (χ4n) is 2.79. The van der Waals surface area contributed by atoms with Gasteiger partial charge in [-0.25, -0.2) is 9.48 Å². The number of carbonyl (C=O) groups is 1. The van der Waals surface area contributed by atoms with Gasteiger partial charge in [0, 0.05) is 7.11 Å². The Kier molecular flexibility index (Phi) is 5.11. The van der Waals surface area contributed by atoms with Gasteiger partial charge in [-0.2, -0.15) is 0 Å². The minimum atomic E-state index is -0.422. The molecule has 1 aromatic rings. The van der Waals surface area contributed by atoms with Gasteiger partial charge in [0.05, 0.1) is 18.3 Å². The fraction of sp³-hybridized carbons (Fsp3) is 0.786. The van der Waals surface area contributed by atoms with Crippen LogP contribution in [0.4, 0.5) is 0 Å². The Morgan fingerprint density at radius 1 is 1.40 bits per heavy atom. The molecule has 0 spiro atoms. The SMILES string of the molecule is COCCOC(=O)c1nnn(C2CCCC(C)C2)c1C. The van der Waals surface area contributed by atoms with Crippen LogP contribution < -0.4 is 0 Å². The van der Waals surface area contributed by atoms with E-state index in [-0.39, 0.29) is 6.61 Å². The third-order valence-electron chi connectivity index (χ3n) is 3.90. The molecule has 0 aromatic carbocycles. The number of rotatable bonds is 5. The average molecular weight is 281 g/mol. The highest BCUT2D eigenvalue weighted by molar-refractivity contribution is 5.88. The van der Waals surface area contributed by atoms with Crippen LogP contribution in [0.3, 0.4) is 0 Å². The molecule has 1 fully saturated rings. The number of esters is 1. The molecule has 1 aliphatic carbocycles. The normalized spacial score (nSPS) is 22.8.